The van der Waals surface area contributed by atoms with E-state index >= 15 is 0 Å². The Bertz CT molecular complexity index is 422. The van der Waals surface area contributed by atoms with Crippen molar-refractivity contribution in [1.29, 1.82) is 0 Å². The molecule has 0 aliphatic heterocycles. The monoisotopic (exact) mass is 261 g/mol. The molecule has 1 aromatic rings. The highest BCUT2D eigenvalue weighted by molar-refractivity contribution is 5.79. The van der Waals surface area contributed by atoms with E-state index in [0.29, 0.717) is 0 Å². The topological polar surface area (TPSA) is 36.4 Å². The van der Waals surface area contributed by atoms with Crippen LogP contribution in [0.3, 0.4) is 0 Å². The summed E-state index contributed by atoms with van der Waals surface area (Å²) in [7, 11) is 1.81. The van der Waals surface area contributed by atoms with Gasteiger partial charge < -0.3 is 10.6 Å². The molecule has 0 heterocycles. The number of aryl methyl sites for hydroxylation is 1. The van der Waals surface area contributed by atoms with Crippen molar-refractivity contribution in [2.45, 2.75) is 39.5 Å². The van der Waals surface area contributed by atoms with Gasteiger partial charge in [0, 0.05) is 25.6 Å². The first-order valence-electron chi connectivity index (χ1n) is 7.01. The molecule has 0 saturated heterocycles. The lowest BCUT2D eigenvalue weighted by Crippen LogP contribution is -2.43. The predicted molar refractivity (Wildman–Crippen MR) is 83.9 cm³/mol. The molecule has 0 radical (unpaired) electrons. The van der Waals surface area contributed by atoms with Gasteiger partial charge in [-0.05, 0) is 18.9 Å². The van der Waals surface area contributed by atoms with Gasteiger partial charge in [0.15, 0.2) is 5.96 Å². The van der Waals surface area contributed by atoms with Gasteiger partial charge >= 0.3 is 0 Å². The molecule has 2 N–H and O–H groups in total. The number of rotatable bonds is 5. The van der Waals surface area contributed by atoms with Crippen LogP contribution in [0.15, 0.2) is 29.3 Å². The van der Waals surface area contributed by atoms with Crippen LogP contribution in [0.25, 0.3) is 0 Å². The van der Waals surface area contributed by atoms with Gasteiger partial charge in [-0.1, -0.05) is 50.6 Å². The average molecular weight is 261 g/mol. The maximum absolute atomic E-state index is 4.23. The molecule has 0 fully saturated rings. The number of aliphatic imine (C=N–C) groups is 1. The van der Waals surface area contributed by atoms with Crippen LogP contribution < -0.4 is 10.6 Å². The van der Waals surface area contributed by atoms with Crippen molar-refractivity contribution in [3.63, 3.8) is 0 Å². The summed E-state index contributed by atoms with van der Waals surface area (Å²) in [6.07, 6.45) is 1.10. The molecule has 0 atom stereocenters. The van der Waals surface area contributed by atoms with Crippen LogP contribution >= 0.6 is 0 Å². The maximum Gasteiger partial charge on any atom is 0.191 e. The van der Waals surface area contributed by atoms with Crippen LogP contribution in [0, 0.1) is 6.92 Å². The first-order valence-corrected chi connectivity index (χ1v) is 7.01. The minimum absolute atomic E-state index is 0.0792. The number of hydrogen-bond acceptors (Lipinski definition) is 1. The minimum Gasteiger partial charge on any atom is -0.356 e. The van der Waals surface area contributed by atoms with Crippen molar-refractivity contribution >= 4 is 5.96 Å². The Labute approximate surface area is 117 Å². The Morgan fingerprint density at radius 2 is 2.00 bits per heavy atom. The minimum atomic E-state index is 0.0792. The normalized spacial score (nSPS) is 12.4. The molecular formula is C16H27N3. The molecule has 0 saturated carbocycles. The van der Waals surface area contributed by atoms with Crippen LogP contribution in [0.5, 0.6) is 0 Å². The van der Waals surface area contributed by atoms with Gasteiger partial charge in [0.05, 0.1) is 0 Å². The maximum atomic E-state index is 4.23. The Morgan fingerprint density at radius 3 is 2.58 bits per heavy atom. The van der Waals surface area contributed by atoms with Crippen LogP contribution in [-0.4, -0.2) is 26.1 Å². The van der Waals surface area contributed by atoms with Gasteiger partial charge in [0.1, 0.15) is 0 Å². The van der Waals surface area contributed by atoms with E-state index in [9.17, 15) is 0 Å². The van der Waals surface area contributed by atoms with Crippen molar-refractivity contribution < 1.29 is 0 Å². The molecular weight excluding hydrogens is 234 g/mol. The molecule has 1 aromatic carbocycles. The first kappa shape index (κ1) is 15.5. The number of nitrogens with one attached hydrogen (secondary N) is 2. The molecule has 3 heteroatoms. The summed E-state index contributed by atoms with van der Waals surface area (Å²) < 4.78 is 0. The first-order chi connectivity index (χ1) is 8.99. The summed E-state index contributed by atoms with van der Waals surface area (Å²) in [5.74, 6) is 0.877. The SMILES string of the molecule is CCCNC(=NC)NCC(C)(C)c1cccc(C)c1. The predicted octanol–water partition coefficient (Wildman–Crippen LogP) is 2.85. The highest BCUT2D eigenvalue weighted by Gasteiger charge is 2.20. The highest BCUT2D eigenvalue weighted by Crippen LogP contribution is 2.22. The van der Waals surface area contributed by atoms with Gasteiger partial charge in [0.25, 0.3) is 0 Å². The number of nitrogens with zero attached hydrogens (tertiary/aromatic N) is 1. The summed E-state index contributed by atoms with van der Waals surface area (Å²) in [4.78, 5) is 4.23. The lowest BCUT2D eigenvalue weighted by atomic mass is 9.84. The second kappa shape index (κ2) is 7.17. The average Bonchev–Trinajstić information content (AvgIpc) is 2.39. The molecule has 19 heavy (non-hydrogen) atoms. The zero-order valence-corrected chi connectivity index (χ0v) is 12.9. The van der Waals surface area contributed by atoms with Crippen LogP contribution in [0.2, 0.25) is 0 Å². The van der Waals surface area contributed by atoms with E-state index in [4.69, 9.17) is 0 Å². The van der Waals surface area contributed by atoms with E-state index in [0.717, 1.165) is 25.5 Å². The molecule has 0 bridgehead atoms. The molecule has 0 aliphatic carbocycles. The van der Waals surface area contributed by atoms with Crippen molar-refractivity contribution in [2.24, 2.45) is 4.99 Å². The summed E-state index contributed by atoms with van der Waals surface area (Å²) in [6, 6.07) is 8.70. The fourth-order valence-electron chi connectivity index (χ4n) is 1.94. The summed E-state index contributed by atoms with van der Waals surface area (Å²) >= 11 is 0. The Balaban J connectivity index is 2.64. The smallest absolute Gasteiger partial charge is 0.191 e. The van der Waals surface area contributed by atoms with Gasteiger partial charge in [0.2, 0.25) is 0 Å². The van der Waals surface area contributed by atoms with E-state index in [-0.39, 0.29) is 5.41 Å². The standard InChI is InChI=1S/C16H27N3/c1-6-10-18-15(17-5)19-12-16(3,4)14-9-7-8-13(2)11-14/h7-9,11H,6,10,12H2,1-5H3,(H2,17,18,19). The summed E-state index contributed by atoms with van der Waals surface area (Å²) in [6.45, 7) is 10.6. The highest BCUT2D eigenvalue weighted by atomic mass is 15.2. The van der Waals surface area contributed by atoms with E-state index in [1.807, 2.05) is 7.05 Å². The number of hydrogen-bond donors (Lipinski definition) is 2. The number of benzene rings is 1. The molecule has 1 rings (SSSR count). The van der Waals surface area contributed by atoms with E-state index in [2.05, 4.69) is 67.6 Å². The van der Waals surface area contributed by atoms with Crippen molar-refractivity contribution in [2.75, 3.05) is 20.1 Å². The van der Waals surface area contributed by atoms with E-state index in [1.54, 1.807) is 0 Å². The fourth-order valence-corrected chi connectivity index (χ4v) is 1.94. The zero-order valence-electron chi connectivity index (χ0n) is 12.9. The molecule has 0 aliphatic rings. The quantitative estimate of drug-likeness (QED) is 0.631. The van der Waals surface area contributed by atoms with Crippen LogP contribution in [0.1, 0.15) is 38.3 Å². The summed E-state index contributed by atoms with van der Waals surface area (Å²) in [5.41, 5.74) is 2.74. The van der Waals surface area contributed by atoms with Crippen molar-refractivity contribution in [3.05, 3.63) is 35.4 Å². The van der Waals surface area contributed by atoms with Crippen molar-refractivity contribution in [3.8, 4) is 0 Å². The number of guanidine groups is 1. The lowest BCUT2D eigenvalue weighted by Gasteiger charge is -2.27. The molecule has 0 unspecified atom stereocenters. The second-order valence-electron chi connectivity index (χ2n) is 5.61. The van der Waals surface area contributed by atoms with Crippen LogP contribution in [-0.2, 0) is 5.41 Å². The third kappa shape index (κ3) is 4.93. The van der Waals surface area contributed by atoms with Gasteiger partial charge in [-0.2, -0.15) is 0 Å². The third-order valence-electron chi connectivity index (χ3n) is 3.26. The van der Waals surface area contributed by atoms with E-state index < -0.39 is 0 Å². The molecule has 3 nitrogen and oxygen atoms in total. The van der Waals surface area contributed by atoms with E-state index in [1.165, 1.54) is 11.1 Å². The Kier molecular flexibility index (Phi) is 5.87. The molecule has 0 amide bonds. The van der Waals surface area contributed by atoms with Gasteiger partial charge in [-0.15, -0.1) is 0 Å². The van der Waals surface area contributed by atoms with Crippen molar-refractivity contribution in [1.82, 2.24) is 10.6 Å². The lowest BCUT2D eigenvalue weighted by molar-refractivity contribution is 0.508. The molecule has 0 aromatic heterocycles. The largest absolute Gasteiger partial charge is 0.356 e. The Hall–Kier alpha value is -1.51. The van der Waals surface area contributed by atoms with Gasteiger partial charge in [-0.25, -0.2) is 0 Å². The Morgan fingerprint density at radius 1 is 1.26 bits per heavy atom. The van der Waals surface area contributed by atoms with Crippen LogP contribution in [0.4, 0.5) is 0 Å². The third-order valence-corrected chi connectivity index (χ3v) is 3.26. The summed E-state index contributed by atoms with van der Waals surface area (Å²) in [5, 5.41) is 6.69. The fraction of sp³-hybridized carbons (Fsp3) is 0.562. The molecule has 0 spiro atoms. The second-order valence-corrected chi connectivity index (χ2v) is 5.61. The van der Waals surface area contributed by atoms with Gasteiger partial charge in [-0.3, -0.25) is 4.99 Å². The molecule has 106 valence electrons. The zero-order chi connectivity index (χ0) is 14.3.